The van der Waals surface area contributed by atoms with E-state index in [2.05, 4.69) is 10.6 Å². The third-order valence-electron chi connectivity index (χ3n) is 12.3. The molecule has 0 saturated carbocycles. The van der Waals surface area contributed by atoms with Crippen LogP contribution in [0.1, 0.15) is 79.1 Å². The van der Waals surface area contributed by atoms with Gasteiger partial charge in [0.15, 0.2) is 12.1 Å². The van der Waals surface area contributed by atoms with E-state index in [9.17, 15) is 60.7 Å². The van der Waals surface area contributed by atoms with Crippen LogP contribution in [-0.4, -0.2) is 174 Å². The van der Waals surface area contributed by atoms with E-state index >= 15 is 0 Å². The fourth-order valence-electron chi connectivity index (χ4n) is 8.06. The summed E-state index contributed by atoms with van der Waals surface area (Å²) in [5.74, 6) is -3.68. The van der Waals surface area contributed by atoms with E-state index in [-0.39, 0.29) is 31.6 Å². The van der Waals surface area contributed by atoms with Crippen LogP contribution in [0.2, 0.25) is 0 Å². The molecule has 380 valence electrons. The number of nitrogens with two attached hydrogens (primary N) is 1. The highest BCUT2D eigenvalue weighted by molar-refractivity contribution is 5.74. The number of aliphatic hydroxyl groups is 10. The Morgan fingerprint density at radius 2 is 1.27 bits per heavy atom. The molecule has 3 rings (SSSR count). The number of carbonyl (C=O) groups excluding carboxylic acids is 2. The SMILES string of the molecule is CNC(=O)N[C@H]1C2C[C@@H](O[C@@H]3O[C@H](C)[C@@H](O)[C@H](N)[C@@H]3O)/C=C/C=C/C=C/C=C/C=C/C=C/C=C/[C@H](C)C(O)[C@@H](C)[C@H](C)OC(=O)C[C@H](O)C[C@H](O)CC[C@@H](O)[C@H](O)C[C@H](O)C[C@](O)(C[C@@H]1O)O2. The zero-order valence-electron chi connectivity index (χ0n) is 39.1. The van der Waals surface area contributed by atoms with Crippen molar-refractivity contribution in [3.8, 4) is 0 Å². The molecule has 3 aliphatic heterocycles. The zero-order chi connectivity index (χ0) is 49.8. The average molecular weight is 952 g/mol. The summed E-state index contributed by atoms with van der Waals surface area (Å²) in [6.07, 6.45) is 5.17. The van der Waals surface area contributed by atoms with Gasteiger partial charge in [0.1, 0.15) is 12.2 Å². The standard InChI is InChI=1S/C48H77N3O16/c1-28-18-16-14-12-10-8-6-7-9-11-13-15-17-19-35(66-46-45(61)41(49)44(60)31(4)65-46)25-39-42(51-47(62)50-5)38(57)27-48(63,67-39)26-34(54)23-37(56)36(55)21-20-32(52)22-33(53)24-40(58)64-30(3)29(2)43(28)59/h6-19,28-39,41-46,52-57,59-61,63H,20-27,49H2,1-5H3,(H2,50,51,62)/b7-6+,10-8+,11-9+,14-12+,15-13+,18-16+,19-17+/t28-,29-,30-,31+,32+,33+,34-,35-,36+,37+,38-,39?,41-,42+,43?,44+,45-,46-,48+/m0/s1. The Labute approximate surface area is 393 Å². The molecule has 0 aromatic rings. The molecule has 2 fully saturated rings. The van der Waals surface area contributed by atoms with E-state index in [1.54, 1.807) is 69.4 Å². The van der Waals surface area contributed by atoms with Crippen molar-refractivity contribution in [2.45, 2.75) is 183 Å². The third kappa shape index (κ3) is 19.7. The second-order valence-electron chi connectivity index (χ2n) is 18.0. The lowest BCUT2D eigenvalue weighted by Gasteiger charge is -2.46. The van der Waals surface area contributed by atoms with Crippen LogP contribution in [-0.2, 0) is 23.7 Å². The maximum absolute atomic E-state index is 12.6. The molecule has 67 heavy (non-hydrogen) atoms. The number of rotatable bonds is 3. The van der Waals surface area contributed by atoms with E-state index in [0.29, 0.717) is 0 Å². The molecule has 2 unspecified atom stereocenters. The van der Waals surface area contributed by atoms with Crippen LogP contribution in [0.4, 0.5) is 4.79 Å². The van der Waals surface area contributed by atoms with Crippen molar-refractivity contribution in [2.75, 3.05) is 7.05 Å². The second kappa shape index (κ2) is 28.8. The summed E-state index contributed by atoms with van der Waals surface area (Å²) in [4.78, 5) is 25.2. The molecule has 2 saturated heterocycles. The monoisotopic (exact) mass is 952 g/mol. The third-order valence-corrected chi connectivity index (χ3v) is 12.3. The zero-order valence-corrected chi connectivity index (χ0v) is 39.1. The van der Waals surface area contributed by atoms with Crippen molar-refractivity contribution in [2.24, 2.45) is 17.6 Å². The van der Waals surface area contributed by atoms with Gasteiger partial charge in [-0.15, -0.1) is 0 Å². The molecule has 19 atom stereocenters. The van der Waals surface area contributed by atoms with E-state index in [0.717, 1.165) is 0 Å². The molecule has 0 aromatic heterocycles. The molecule has 2 amide bonds. The van der Waals surface area contributed by atoms with Crippen molar-refractivity contribution >= 4 is 12.0 Å². The van der Waals surface area contributed by atoms with Crippen molar-refractivity contribution in [3.63, 3.8) is 0 Å². The summed E-state index contributed by atoms with van der Waals surface area (Å²) < 4.78 is 23.6. The minimum Gasteiger partial charge on any atom is -0.462 e. The van der Waals surface area contributed by atoms with Crippen molar-refractivity contribution in [3.05, 3.63) is 85.1 Å². The summed E-state index contributed by atoms with van der Waals surface area (Å²) in [5, 5.41) is 114. The lowest BCUT2D eigenvalue weighted by Crippen LogP contribution is -2.63. The van der Waals surface area contributed by atoms with Gasteiger partial charge < -0.3 is 86.4 Å². The molecular weight excluding hydrogens is 875 g/mol. The van der Waals surface area contributed by atoms with Gasteiger partial charge in [0.05, 0.1) is 85.6 Å². The number of amides is 2. The smallest absolute Gasteiger partial charge is 0.314 e. The number of fused-ring (bicyclic) bond motifs is 2. The lowest BCUT2D eigenvalue weighted by molar-refractivity contribution is -0.303. The predicted octanol–water partition coefficient (Wildman–Crippen LogP) is 0.309. The van der Waals surface area contributed by atoms with Crippen molar-refractivity contribution in [1.82, 2.24) is 10.6 Å². The summed E-state index contributed by atoms with van der Waals surface area (Å²) in [6, 6.07) is -2.93. The summed E-state index contributed by atoms with van der Waals surface area (Å²) >= 11 is 0. The minimum absolute atomic E-state index is 0.0901. The molecule has 19 heteroatoms. The van der Waals surface area contributed by atoms with Gasteiger partial charge in [0, 0.05) is 44.6 Å². The minimum atomic E-state index is -2.23. The van der Waals surface area contributed by atoms with E-state index in [4.69, 9.17) is 24.7 Å². The predicted molar refractivity (Wildman–Crippen MR) is 247 cm³/mol. The first-order valence-corrected chi connectivity index (χ1v) is 23.1. The molecule has 0 radical (unpaired) electrons. The number of carbonyl (C=O) groups is 2. The summed E-state index contributed by atoms with van der Waals surface area (Å²) in [7, 11) is 1.37. The highest BCUT2D eigenvalue weighted by Gasteiger charge is 2.49. The molecule has 0 aliphatic carbocycles. The lowest BCUT2D eigenvalue weighted by atomic mass is 9.87. The van der Waals surface area contributed by atoms with Crippen LogP contribution in [0.15, 0.2) is 85.1 Å². The van der Waals surface area contributed by atoms with Crippen LogP contribution in [0, 0.1) is 11.8 Å². The largest absolute Gasteiger partial charge is 0.462 e. The van der Waals surface area contributed by atoms with Gasteiger partial charge in [0.2, 0.25) is 0 Å². The van der Waals surface area contributed by atoms with E-state index in [1.807, 2.05) is 43.4 Å². The maximum Gasteiger partial charge on any atom is 0.314 e. The van der Waals surface area contributed by atoms with Crippen LogP contribution in [0.25, 0.3) is 0 Å². The number of urea groups is 1. The molecule has 19 nitrogen and oxygen atoms in total. The van der Waals surface area contributed by atoms with Gasteiger partial charge in [0.25, 0.3) is 0 Å². The van der Waals surface area contributed by atoms with Crippen LogP contribution in [0.3, 0.4) is 0 Å². The maximum atomic E-state index is 12.6. The van der Waals surface area contributed by atoms with Gasteiger partial charge >= 0.3 is 12.0 Å². The molecule has 0 spiro atoms. The molecule has 0 aromatic carbocycles. The van der Waals surface area contributed by atoms with Crippen LogP contribution < -0.4 is 16.4 Å². The molecule has 2 bridgehead atoms. The molecule has 14 N–H and O–H groups in total. The fraction of sp³-hybridized carbons (Fsp3) is 0.667. The Hall–Kier alpha value is -3.64. The Morgan fingerprint density at radius 3 is 1.87 bits per heavy atom. The summed E-state index contributed by atoms with van der Waals surface area (Å²) in [6.45, 7) is 6.79. The van der Waals surface area contributed by atoms with Crippen molar-refractivity contribution in [1.29, 1.82) is 0 Å². The average Bonchev–Trinajstić information content (AvgIpc) is 3.26. The number of aliphatic hydroxyl groups excluding tert-OH is 9. The number of allylic oxidation sites excluding steroid dienone is 12. The number of cyclic esters (lactones) is 1. The van der Waals surface area contributed by atoms with Gasteiger partial charge in [-0.1, -0.05) is 98.9 Å². The summed E-state index contributed by atoms with van der Waals surface area (Å²) in [5.41, 5.74) is 6.07. The normalized spacial score (nSPS) is 44.4. The van der Waals surface area contributed by atoms with Gasteiger partial charge in [-0.25, -0.2) is 4.79 Å². The van der Waals surface area contributed by atoms with Crippen LogP contribution in [0.5, 0.6) is 0 Å². The van der Waals surface area contributed by atoms with Crippen molar-refractivity contribution < 1.29 is 79.6 Å². The first-order chi connectivity index (χ1) is 31.6. The molecular formula is C48H77N3O16. The quantitative estimate of drug-likeness (QED) is 0.169. The first-order valence-electron chi connectivity index (χ1n) is 23.1. The fourth-order valence-corrected chi connectivity index (χ4v) is 8.06. The number of ether oxygens (including phenoxy) is 4. The Balaban J connectivity index is 1.89. The van der Waals surface area contributed by atoms with Crippen LogP contribution >= 0.6 is 0 Å². The highest BCUT2D eigenvalue weighted by Crippen LogP contribution is 2.35. The first kappa shape index (κ1) is 57.7. The van der Waals surface area contributed by atoms with E-state index < -0.39 is 147 Å². The highest BCUT2D eigenvalue weighted by atomic mass is 16.7. The number of hydrogen-bond acceptors (Lipinski definition) is 17. The van der Waals surface area contributed by atoms with Gasteiger partial charge in [-0.2, -0.15) is 0 Å². The van der Waals surface area contributed by atoms with Gasteiger partial charge in [-0.3, -0.25) is 4.79 Å². The Morgan fingerprint density at radius 1 is 0.687 bits per heavy atom. The topological polar surface area (TPSA) is 323 Å². The number of esters is 1. The second-order valence-corrected chi connectivity index (χ2v) is 18.0. The molecule has 3 aliphatic rings. The Bertz CT molecular complexity index is 1710. The Kier molecular flexibility index (Phi) is 24.8. The number of hydrogen-bond donors (Lipinski definition) is 13. The molecule has 3 heterocycles. The van der Waals surface area contributed by atoms with E-state index in [1.165, 1.54) is 7.05 Å². The van der Waals surface area contributed by atoms with Gasteiger partial charge in [-0.05, 0) is 33.1 Å². The number of nitrogens with one attached hydrogen (secondary N) is 2.